The van der Waals surface area contributed by atoms with Gasteiger partial charge in [-0.25, -0.2) is 0 Å². The van der Waals surface area contributed by atoms with Gasteiger partial charge in [-0.2, -0.15) is 0 Å². The first-order valence-corrected chi connectivity index (χ1v) is 10.1. The third-order valence-corrected chi connectivity index (χ3v) is 6.79. The molecule has 150 valence electrons. The zero-order chi connectivity index (χ0) is 19.4. The Morgan fingerprint density at radius 3 is 2.56 bits per heavy atom. The predicted octanol–water partition coefficient (Wildman–Crippen LogP) is 2.77. The summed E-state index contributed by atoms with van der Waals surface area (Å²) in [5, 5.41) is 14.1. The number of methoxy groups -OCH3 is 1. The van der Waals surface area contributed by atoms with Crippen LogP contribution in [0, 0.1) is 5.41 Å². The number of ether oxygens (including phenoxy) is 2. The van der Waals surface area contributed by atoms with E-state index in [1.165, 1.54) is 5.56 Å². The summed E-state index contributed by atoms with van der Waals surface area (Å²) in [5.41, 5.74) is 1.25. The zero-order valence-corrected chi connectivity index (χ0v) is 17.3. The van der Waals surface area contributed by atoms with E-state index in [9.17, 15) is 5.11 Å². The Bertz CT molecular complexity index is 702. The van der Waals surface area contributed by atoms with Crippen LogP contribution < -0.4 is 14.8 Å². The van der Waals surface area contributed by atoms with E-state index in [4.69, 9.17) is 9.47 Å². The SMILES string of the molecule is COc1ccc2c(c1)OC[C@]1(CO)CN(C3CC(C)(C)NC(C)(C)C3)C[C@H]21. The van der Waals surface area contributed by atoms with Gasteiger partial charge < -0.3 is 19.9 Å². The molecule has 0 bridgehead atoms. The molecule has 3 aliphatic heterocycles. The third-order valence-electron chi connectivity index (χ3n) is 6.79. The van der Waals surface area contributed by atoms with Crippen molar-refractivity contribution in [2.75, 3.05) is 33.4 Å². The molecule has 0 unspecified atom stereocenters. The highest BCUT2D eigenvalue weighted by Gasteiger charge is 2.53. The molecule has 0 amide bonds. The third kappa shape index (κ3) is 3.34. The number of hydrogen-bond donors (Lipinski definition) is 2. The van der Waals surface area contributed by atoms with Gasteiger partial charge in [-0.3, -0.25) is 4.90 Å². The van der Waals surface area contributed by atoms with Crippen molar-refractivity contribution >= 4 is 0 Å². The molecule has 0 aliphatic carbocycles. The van der Waals surface area contributed by atoms with Crippen LogP contribution in [0.15, 0.2) is 18.2 Å². The lowest BCUT2D eigenvalue weighted by Gasteiger charge is -2.49. The van der Waals surface area contributed by atoms with Crippen molar-refractivity contribution in [1.82, 2.24) is 10.2 Å². The van der Waals surface area contributed by atoms with Crippen LogP contribution in [-0.4, -0.2) is 60.5 Å². The molecular weight excluding hydrogens is 340 g/mol. The lowest BCUT2D eigenvalue weighted by Crippen LogP contribution is -2.62. The quantitative estimate of drug-likeness (QED) is 0.852. The minimum atomic E-state index is -0.208. The molecule has 3 aliphatic rings. The molecule has 2 fully saturated rings. The maximum atomic E-state index is 10.4. The van der Waals surface area contributed by atoms with Crippen LogP contribution in [0.25, 0.3) is 0 Å². The predicted molar refractivity (Wildman–Crippen MR) is 107 cm³/mol. The lowest BCUT2D eigenvalue weighted by atomic mass is 9.74. The molecule has 4 rings (SSSR count). The Kier molecular flexibility index (Phi) is 4.48. The van der Waals surface area contributed by atoms with Crippen molar-refractivity contribution < 1.29 is 14.6 Å². The second kappa shape index (κ2) is 6.36. The highest BCUT2D eigenvalue weighted by atomic mass is 16.5. The summed E-state index contributed by atoms with van der Waals surface area (Å²) < 4.78 is 11.5. The highest BCUT2D eigenvalue weighted by Crippen LogP contribution is 2.51. The highest BCUT2D eigenvalue weighted by molar-refractivity contribution is 5.46. The van der Waals surface area contributed by atoms with Crippen molar-refractivity contribution in [3.05, 3.63) is 23.8 Å². The number of aliphatic hydroxyl groups excluding tert-OH is 1. The molecule has 0 aromatic heterocycles. The lowest BCUT2D eigenvalue weighted by molar-refractivity contribution is 0.0316. The molecule has 3 heterocycles. The average Bonchev–Trinajstić information content (AvgIpc) is 2.99. The van der Waals surface area contributed by atoms with Gasteiger partial charge in [0, 0.05) is 47.6 Å². The molecule has 2 saturated heterocycles. The normalized spacial score (nSPS) is 32.4. The summed E-state index contributed by atoms with van der Waals surface area (Å²) in [6.07, 6.45) is 2.25. The van der Waals surface area contributed by atoms with Crippen LogP contribution in [0.4, 0.5) is 0 Å². The maximum absolute atomic E-state index is 10.4. The molecule has 2 N–H and O–H groups in total. The van der Waals surface area contributed by atoms with Crippen LogP contribution in [0.5, 0.6) is 11.5 Å². The second-order valence-electron chi connectivity index (χ2n) is 10.1. The van der Waals surface area contributed by atoms with E-state index in [0.29, 0.717) is 18.6 Å². The zero-order valence-electron chi connectivity index (χ0n) is 17.3. The minimum absolute atomic E-state index is 0.119. The first-order valence-electron chi connectivity index (χ1n) is 10.1. The van der Waals surface area contributed by atoms with Crippen LogP contribution in [0.3, 0.4) is 0 Å². The number of benzene rings is 1. The van der Waals surface area contributed by atoms with Crippen LogP contribution in [-0.2, 0) is 0 Å². The average molecular weight is 375 g/mol. The van der Waals surface area contributed by atoms with E-state index in [2.05, 4.69) is 44.0 Å². The van der Waals surface area contributed by atoms with Gasteiger partial charge in [-0.15, -0.1) is 0 Å². The summed E-state index contributed by atoms with van der Waals surface area (Å²) in [4.78, 5) is 2.62. The number of nitrogens with one attached hydrogen (secondary N) is 1. The number of nitrogens with zero attached hydrogens (tertiary/aromatic N) is 1. The van der Waals surface area contributed by atoms with Crippen LogP contribution in [0.1, 0.15) is 52.0 Å². The van der Waals surface area contributed by atoms with E-state index in [-0.39, 0.29) is 23.1 Å². The fourth-order valence-corrected chi connectivity index (χ4v) is 5.87. The van der Waals surface area contributed by atoms with Gasteiger partial charge in [0.05, 0.1) is 20.3 Å². The molecule has 0 radical (unpaired) electrons. The summed E-state index contributed by atoms with van der Waals surface area (Å²) in [6, 6.07) is 6.64. The van der Waals surface area contributed by atoms with Crippen molar-refractivity contribution in [2.45, 2.75) is 63.6 Å². The van der Waals surface area contributed by atoms with Crippen molar-refractivity contribution in [3.8, 4) is 11.5 Å². The van der Waals surface area contributed by atoms with E-state index < -0.39 is 0 Å². The standard InChI is InChI=1S/C22H34N2O3/c1-20(2)9-15(10-21(3,4)23-20)24-11-18-17-7-6-16(26-5)8-19(17)27-14-22(18,12-24)13-25/h6-8,15,18,23,25H,9-14H2,1-5H3/t18-,22-/m1/s1. The topological polar surface area (TPSA) is 54.0 Å². The summed E-state index contributed by atoms with van der Waals surface area (Å²) in [6.45, 7) is 11.8. The van der Waals surface area contributed by atoms with Gasteiger partial charge >= 0.3 is 0 Å². The molecule has 0 spiro atoms. The Balaban J connectivity index is 1.63. The van der Waals surface area contributed by atoms with Crippen LogP contribution >= 0.6 is 0 Å². The molecule has 0 saturated carbocycles. The van der Waals surface area contributed by atoms with Gasteiger partial charge in [-0.1, -0.05) is 6.07 Å². The first kappa shape index (κ1) is 19.0. The molecule has 5 nitrogen and oxygen atoms in total. The maximum Gasteiger partial charge on any atom is 0.126 e. The van der Waals surface area contributed by atoms with Gasteiger partial charge in [0.25, 0.3) is 0 Å². The number of hydrogen-bond acceptors (Lipinski definition) is 5. The van der Waals surface area contributed by atoms with Crippen molar-refractivity contribution in [3.63, 3.8) is 0 Å². The molecular formula is C22H34N2O3. The summed E-state index contributed by atoms with van der Waals surface area (Å²) in [5.74, 6) is 2.04. The largest absolute Gasteiger partial charge is 0.497 e. The minimum Gasteiger partial charge on any atom is -0.497 e. The smallest absolute Gasteiger partial charge is 0.126 e. The fourth-order valence-electron chi connectivity index (χ4n) is 5.87. The summed E-state index contributed by atoms with van der Waals surface area (Å²) >= 11 is 0. The molecule has 27 heavy (non-hydrogen) atoms. The van der Waals surface area contributed by atoms with Gasteiger partial charge in [0.1, 0.15) is 11.5 Å². The molecule has 2 atom stereocenters. The Labute approximate surface area is 163 Å². The molecule has 1 aromatic carbocycles. The monoisotopic (exact) mass is 374 g/mol. The fraction of sp³-hybridized carbons (Fsp3) is 0.727. The van der Waals surface area contributed by atoms with E-state index in [1.54, 1.807) is 7.11 Å². The number of aliphatic hydroxyl groups is 1. The molecule has 5 heteroatoms. The Morgan fingerprint density at radius 2 is 1.93 bits per heavy atom. The number of piperidine rings is 1. The second-order valence-corrected chi connectivity index (χ2v) is 10.1. The number of likely N-dealkylation sites (tertiary alicyclic amines) is 1. The summed E-state index contributed by atoms with van der Waals surface area (Å²) in [7, 11) is 1.68. The van der Waals surface area contributed by atoms with Gasteiger partial charge in [0.15, 0.2) is 0 Å². The number of fused-ring (bicyclic) bond motifs is 3. The van der Waals surface area contributed by atoms with Gasteiger partial charge in [-0.05, 0) is 52.2 Å². The van der Waals surface area contributed by atoms with Crippen molar-refractivity contribution in [2.24, 2.45) is 5.41 Å². The van der Waals surface area contributed by atoms with Gasteiger partial charge in [0.2, 0.25) is 0 Å². The van der Waals surface area contributed by atoms with Crippen LogP contribution in [0.2, 0.25) is 0 Å². The Morgan fingerprint density at radius 1 is 1.22 bits per heavy atom. The Hall–Kier alpha value is -1.30. The van der Waals surface area contributed by atoms with E-state index in [0.717, 1.165) is 37.4 Å². The van der Waals surface area contributed by atoms with E-state index >= 15 is 0 Å². The number of rotatable bonds is 3. The first-order chi connectivity index (χ1) is 12.7. The molecule has 1 aromatic rings. The van der Waals surface area contributed by atoms with E-state index in [1.807, 2.05) is 12.1 Å². The van der Waals surface area contributed by atoms with Crippen molar-refractivity contribution in [1.29, 1.82) is 0 Å².